The van der Waals surface area contributed by atoms with Crippen molar-refractivity contribution in [2.75, 3.05) is 0 Å². The van der Waals surface area contributed by atoms with Crippen molar-refractivity contribution in [3.8, 4) is 17.2 Å². The van der Waals surface area contributed by atoms with E-state index in [9.17, 15) is 9.90 Å². The van der Waals surface area contributed by atoms with Gasteiger partial charge >= 0.3 is 5.97 Å². The molecule has 2 aromatic carbocycles. The van der Waals surface area contributed by atoms with Gasteiger partial charge in [-0.2, -0.15) is 0 Å². The molecule has 0 spiro atoms. The molecule has 136 valence electrons. The highest BCUT2D eigenvalue weighted by Gasteiger charge is 2.16. The van der Waals surface area contributed by atoms with Gasteiger partial charge in [0.15, 0.2) is 5.75 Å². The molecule has 0 aromatic heterocycles. The molecule has 0 heterocycles. The summed E-state index contributed by atoms with van der Waals surface area (Å²) in [7, 11) is 0. The van der Waals surface area contributed by atoms with Gasteiger partial charge in [0.2, 0.25) is 0 Å². The van der Waals surface area contributed by atoms with E-state index in [0.29, 0.717) is 20.4 Å². The summed E-state index contributed by atoms with van der Waals surface area (Å²) in [4.78, 5) is 11.1. The van der Waals surface area contributed by atoms with Crippen LogP contribution in [0, 0.1) is 6.92 Å². The molecule has 25 heavy (non-hydrogen) atoms. The summed E-state index contributed by atoms with van der Waals surface area (Å²) in [5.74, 6) is 0.467. The number of carboxylic acids is 1. The van der Waals surface area contributed by atoms with Gasteiger partial charge in [0.05, 0.1) is 14.5 Å². The second kappa shape index (κ2) is 9.25. The van der Waals surface area contributed by atoms with Crippen LogP contribution in [0.5, 0.6) is 17.2 Å². The smallest absolute Gasteiger partial charge is 0.335 e. The molecule has 0 atom stereocenters. The Morgan fingerprint density at radius 3 is 2.04 bits per heavy atom. The second-order valence-electron chi connectivity index (χ2n) is 5.51. The molecule has 0 bridgehead atoms. The zero-order chi connectivity index (χ0) is 19.3. The standard InChI is InChI=1S/C17H16Br2O4.C2H6/c1-8(2)12-7-11(4-9(3)15(12)20)23-16-13(18)5-10(17(21)22)6-14(16)19;1-2/h4-8,20H,1-3H3,(H,21,22);1-2H3. The first kappa shape index (κ1) is 21.5. The summed E-state index contributed by atoms with van der Waals surface area (Å²) in [5.41, 5.74) is 1.68. The lowest BCUT2D eigenvalue weighted by Crippen LogP contribution is -1.98. The number of carbonyl (C=O) groups is 1. The van der Waals surface area contributed by atoms with Crippen LogP contribution in [0.15, 0.2) is 33.2 Å². The monoisotopic (exact) mass is 472 g/mol. The van der Waals surface area contributed by atoms with Crippen LogP contribution in [0.2, 0.25) is 0 Å². The molecular weight excluding hydrogens is 452 g/mol. The Bertz CT molecular complexity index is 747. The summed E-state index contributed by atoms with van der Waals surface area (Å²) >= 11 is 6.67. The van der Waals surface area contributed by atoms with Gasteiger partial charge in [-0.3, -0.25) is 0 Å². The lowest BCUT2D eigenvalue weighted by atomic mass is 9.99. The fourth-order valence-electron chi connectivity index (χ4n) is 2.17. The van der Waals surface area contributed by atoms with Gasteiger partial charge < -0.3 is 14.9 Å². The fourth-order valence-corrected chi connectivity index (χ4v) is 3.52. The summed E-state index contributed by atoms with van der Waals surface area (Å²) in [6, 6.07) is 6.50. The van der Waals surface area contributed by atoms with Crippen LogP contribution < -0.4 is 4.74 Å². The Labute approximate surface area is 165 Å². The molecule has 2 aromatic rings. The highest BCUT2D eigenvalue weighted by atomic mass is 79.9. The maximum atomic E-state index is 11.1. The highest BCUT2D eigenvalue weighted by molar-refractivity contribution is 9.11. The number of hydrogen-bond donors (Lipinski definition) is 2. The number of aromatic carboxylic acids is 1. The number of ether oxygens (including phenoxy) is 1. The van der Waals surface area contributed by atoms with E-state index >= 15 is 0 Å². The van der Waals surface area contributed by atoms with Gasteiger partial charge in [-0.05, 0) is 74.5 Å². The second-order valence-corrected chi connectivity index (χ2v) is 7.22. The maximum absolute atomic E-state index is 11.1. The molecule has 4 nitrogen and oxygen atoms in total. The number of aryl methyl sites for hydroxylation is 1. The van der Waals surface area contributed by atoms with Crippen molar-refractivity contribution >= 4 is 37.8 Å². The lowest BCUT2D eigenvalue weighted by molar-refractivity contribution is 0.0696. The van der Waals surface area contributed by atoms with E-state index in [0.717, 1.165) is 11.1 Å². The minimum atomic E-state index is -1.01. The Morgan fingerprint density at radius 1 is 1.08 bits per heavy atom. The van der Waals surface area contributed by atoms with Crippen LogP contribution in [0.1, 0.15) is 55.1 Å². The number of aromatic hydroxyl groups is 1. The van der Waals surface area contributed by atoms with Gasteiger partial charge in [0, 0.05) is 5.56 Å². The van der Waals surface area contributed by atoms with Crippen LogP contribution in [0.3, 0.4) is 0 Å². The summed E-state index contributed by atoms with van der Waals surface area (Å²) in [6.45, 7) is 9.79. The third-order valence-electron chi connectivity index (χ3n) is 3.39. The molecule has 0 unspecified atom stereocenters. The van der Waals surface area contributed by atoms with Gasteiger partial charge in [-0.25, -0.2) is 4.79 Å². The third kappa shape index (κ3) is 5.22. The summed E-state index contributed by atoms with van der Waals surface area (Å²) < 4.78 is 6.96. The van der Waals surface area contributed by atoms with Crippen molar-refractivity contribution in [2.24, 2.45) is 0 Å². The average Bonchev–Trinajstić information content (AvgIpc) is 2.55. The van der Waals surface area contributed by atoms with Crippen molar-refractivity contribution < 1.29 is 19.7 Å². The number of halogens is 2. The molecule has 0 amide bonds. The van der Waals surface area contributed by atoms with Crippen LogP contribution in [0.25, 0.3) is 0 Å². The van der Waals surface area contributed by atoms with Crippen LogP contribution in [-0.2, 0) is 0 Å². The minimum absolute atomic E-state index is 0.151. The van der Waals surface area contributed by atoms with Gasteiger partial charge in [0.25, 0.3) is 0 Å². The Balaban J connectivity index is 0.00000151. The maximum Gasteiger partial charge on any atom is 0.335 e. The number of benzene rings is 2. The Kier molecular flexibility index (Phi) is 7.96. The predicted molar refractivity (Wildman–Crippen MR) is 107 cm³/mol. The Hall–Kier alpha value is -1.53. The van der Waals surface area contributed by atoms with Crippen molar-refractivity contribution in [1.29, 1.82) is 0 Å². The molecule has 0 fully saturated rings. The van der Waals surface area contributed by atoms with Gasteiger partial charge in [0.1, 0.15) is 11.5 Å². The first-order valence-corrected chi connectivity index (χ1v) is 9.53. The largest absolute Gasteiger partial charge is 0.507 e. The van der Waals surface area contributed by atoms with Crippen molar-refractivity contribution in [1.82, 2.24) is 0 Å². The minimum Gasteiger partial charge on any atom is -0.507 e. The number of hydrogen-bond acceptors (Lipinski definition) is 3. The van der Waals surface area contributed by atoms with E-state index in [4.69, 9.17) is 9.84 Å². The molecule has 0 saturated heterocycles. The van der Waals surface area contributed by atoms with E-state index in [1.165, 1.54) is 12.1 Å². The number of phenolic OH excluding ortho intramolecular Hbond substituents is 1. The zero-order valence-corrected chi connectivity index (χ0v) is 18.0. The number of carboxylic acid groups (broad SMARTS) is 1. The van der Waals surface area contributed by atoms with Crippen molar-refractivity contribution in [3.05, 3.63) is 49.9 Å². The molecule has 0 saturated carbocycles. The normalized spacial score (nSPS) is 10.2. The molecule has 0 aliphatic rings. The highest BCUT2D eigenvalue weighted by Crippen LogP contribution is 2.40. The van der Waals surface area contributed by atoms with E-state index in [-0.39, 0.29) is 17.2 Å². The lowest BCUT2D eigenvalue weighted by Gasteiger charge is -2.16. The molecule has 0 aliphatic carbocycles. The average molecular weight is 474 g/mol. The predicted octanol–water partition coefficient (Wildman–Crippen LogP) is 6.87. The van der Waals surface area contributed by atoms with Crippen molar-refractivity contribution in [3.63, 3.8) is 0 Å². The molecular formula is C19H22Br2O4. The SMILES string of the molecule is CC.Cc1cc(Oc2c(Br)cc(C(=O)O)cc2Br)cc(C(C)C)c1O. The molecule has 0 aliphatic heterocycles. The van der Waals surface area contributed by atoms with E-state index < -0.39 is 5.97 Å². The van der Waals surface area contributed by atoms with Gasteiger partial charge in [-0.15, -0.1) is 0 Å². The van der Waals surface area contributed by atoms with E-state index in [2.05, 4.69) is 31.9 Å². The van der Waals surface area contributed by atoms with Crippen molar-refractivity contribution in [2.45, 2.75) is 40.5 Å². The summed E-state index contributed by atoms with van der Waals surface area (Å²) in [6.07, 6.45) is 0. The first-order valence-electron chi connectivity index (χ1n) is 7.94. The quantitative estimate of drug-likeness (QED) is 0.508. The van der Waals surface area contributed by atoms with E-state index in [1.54, 1.807) is 12.1 Å². The third-order valence-corrected chi connectivity index (χ3v) is 4.57. The molecule has 2 N–H and O–H groups in total. The molecule has 2 rings (SSSR count). The van der Waals surface area contributed by atoms with E-state index in [1.807, 2.05) is 34.6 Å². The number of rotatable bonds is 4. The molecule has 0 radical (unpaired) electrons. The van der Waals surface area contributed by atoms with Crippen LogP contribution in [0.4, 0.5) is 0 Å². The van der Waals surface area contributed by atoms with Gasteiger partial charge in [-0.1, -0.05) is 27.7 Å². The summed E-state index contributed by atoms with van der Waals surface area (Å²) in [5, 5.41) is 19.2. The fraction of sp³-hybridized carbons (Fsp3) is 0.316. The van der Waals surface area contributed by atoms with Crippen LogP contribution in [-0.4, -0.2) is 16.2 Å². The zero-order valence-electron chi connectivity index (χ0n) is 14.9. The Morgan fingerprint density at radius 2 is 1.60 bits per heavy atom. The number of phenols is 1. The van der Waals surface area contributed by atoms with Crippen LogP contribution >= 0.6 is 31.9 Å². The molecule has 6 heteroatoms. The first-order chi connectivity index (χ1) is 11.7. The topological polar surface area (TPSA) is 66.8 Å².